The molecule has 1 N–H and O–H groups in total. The van der Waals surface area contributed by atoms with Crippen LogP contribution >= 0.6 is 11.6 Å². The molecule has 1 aliphatic rings. The molecule has 2 heterocycles. The molecular weight excluding hydrogens is 288 g/mol. The Morgan fingerprint density at radius 1 is 1.19 bits per heavy atom. The summed E-state index contributed by atoms with van der Waals surface area (Å²) < 4.78 is 0. The summed E-state index contributed by atoms with van der Waals surface area (Å²) in [4.78, 5) is 22.6. The first-order valence-corrected chi connectivity index (χ1v) is 7.20. The van der Waals surface area contributed by atoms with Gasteiger partial charge in [0.15, 0.2) is 0 Å². The van der Waals surface area contributed by atoms with Crippen LogP contribution in [0.1, 0.15) is 10.5 Å². The molecule has 1 amide bonds. The molecule has 3 rings (SSSR count). The van der Waals surface area contributed by atoms with Crippen LogP contribution in [-0.4, -0.2) is 47.0 Å². The van der Waals surface area contributed by atoms with Gasteiger partial charge in [0.05, 0.1) is 5.69 Å². The molecule has 6 heteroatoms. The topological polar surface area (TPSA) is 58.1 Å². The Kier molecular flexibility index (Phi) is 4.13. The number of nitrogens with zero attached hydrogens (tertiary/aromatic N) is 3. The Morgan fingerprint density at radius 2 is 2.00 bits per heavy atom. The largest absolute Gasteiger partial charge is 0.335 e. The summed E-state index contributed by atoms with van der Waals surface area (Å²) in [6.45, 7) is 3.04. The van der Waals surface area contributed by atoms with E-state index in [9.17, 15) is 4.79 Å². The van der Waals surface area contributed by atoms with Crippen LogP contribution in [0, 0.1) is 0 Å². The van der Waals surface area contributed by atoms with Crippen LogP contribution in [0.4, 0.5) is 0 Å². The van der Waals surface area contributed by atoms with Crippen LogP contribution in [0.5, 0.6) is 0 Å². The van der Waals surface area contributed by atoms with Gasteiger partial charge >= 0.3 is 0 Å². The van der Waals surface area contributed by atoms with Crippen molar-refractivity contribution in [3.8, 4) is 11.3 Å². The third kappa shape index (κ3) is 3.20. The van der Waals surface area contributed by atoms with Crippen molar-refractivity contribution in [1.82, 2.24) is 20.2 Å². The summed E-state index contributed by atoms with van der Waals surface area (Å²) in [5.74, 6) is -0.0535. The minimum atomic E-state index is -0.0535. The van der Waals surface area contributed by atoms with Crippen molar-refractivity contribution >= 4 is 17.5 Å². The third-order valence-corrected chi connectivity index (χ3v) is 3.65. The summed E-state index contributed by atoms with van der Waals surface area (Å²) >= 11 is 5.99. The molecule has 1 aromatic carbocycles. The predicted molar refractivity (Wildman–Crippen MR) is 81.3 cm³/mol. The maximum Gasteiger partial charge on any atom is 0.272 e. The highest BCUT2D eigenvalue weighted by molar-refractivity contribution is 6.30. The van der Waals surface area contributed by atoms with Crippen molar-refractivity contribution in [2.45, 2.75) is 0 Å². The van der Waals surface area contributed by atoms with E-state index in [0.29, 0.717) is 29.5 Å². The smallest absolute Gasteiger partial charge is 0.272 e. The third-order valence-electron chi connectivity index (χ3n) is 3.41. The van der Waals surface area contributed by atoms with E-state index in [1.165, 1.54) is 6.33 Å². The van der Waals surface area contributed by atoms with Gasteiger partial charge in [0.25, 0.3) is 5.91 Å². The van der Waals surface area contributed by atoms with E-state index in [-0.39, 0.29) is 5.91 Å². The summed E-state index contributed by atoms with van der Waals surface area (Å²) in [6.07, 6.45) is 1.42. The number of carbonyl (C=O) groups is 1. The monoisotopic (exact) mass is 302 g/mol. The molecule has 0 unspecified atom stereocenters. The normalized spacial score (nSPS) is 15.0. The SMILES string of the molecule is O=C(c1cc(-c2cccc(Cl)c2)ncn1)N1CCNCC1. The average Bonchev–Trinajstić information content (AvgIpc) is 2.55. The number of hydrogen-bond donors (Lipinski definition) is 1. The van der Waals surface area contributed by atoms with Crippen molar-refractivity contribution in [2.75, 3.05) is 26.2 Å². The summed E-state index contributed by atoms with van der Waals surface area (Å²) in [5.41, 5.74) is 1.99. The van der Waals surface area contributed by atoms with Gasteiger partial charge in [-0.2, -0.15) is 0 Å². The minimum absolute atomic E-state index is 0.0535. The molecule has 1 fully saturated rings. The Morgan fingerprint density at radius 3 is 2.76 bits per heavy atom. The summed E-state index contributed by atoms with van der Waals surface area (Å²) in [5, 5.41) is 3.86. The Balaban J connectivity index is 1.87. The van der Waals surface area contributed by atoms with Crippen LogP contribution in [0.2, 0.25) is 5.02 Å². The van der Waals surface area contributed by atoms with Crippen molar-refractivity contribution < 1.29 is 4.79 Å². The van der Waals surface area contributed by atoms with Crippen molar-refractivity contribution in [2.24, 2.45) is 0 Å². The second kappa shape index (κ2) is 6.20. The van der Waals surface area contributed by atoms with E-state index >= 15 is 0 Å². The van der Waals surface area contributed by atoms with Gasteiger partial charge in [-0.15, -0.1) is 0 Å². The van der Waals surface area contributed by atoms with Gasteiger partial charge in [0, 0.05) is 36.8 Å². The maximum absolute atomic E-state index is 12.4. The van der Waals surface area contributed by atoms with E-state index in [2.05, 4.69) is 15.3 Å². The molecule has 108 valence electrons. The standard InChI is InChI=1S/C15H15ClN4O/c16-12-3-1-2-11(8-12)13-9-14(19-10-18-13)15(21)20-6-4-17-5-7-20/h1-3,8-10,17H,4-7H2. The number of hydrogen-bond acceptors (Lipinski definition) is 4. The molecule has 2 aromatic rings. The fourth-order valence-corrected chi connectivity index (χ4v) is 2.50. The van der Waals surface area contributed by atoms with Crippen LogP contribution in [0.25, 0.3) is 11.3 Å². The highest BCUT2D eigenvalue weighted by Gasteiger charge is 2.19. The molecule has 0 atom stereocenters. The Labute approximate surface area is 128 Å². The fourth-order valence-electron chi connectivity index (χ4n) is 2.31. The van der Waals surface area contributed by atoms with E-state index in [4.69, 9.17) is 11.6 Å². The van der Waals surface area contributed by atoms with Crippen LogP contribution in [0.15, 0.2) is 36.7 Å². The first kappa shape index (κ1) is 14.0. The van der Waals surface area contributed by atoms with E-state index in [1.54, 1.807) is 17.0 Å². The highest BCUT2D eigenvalue weighted by atomic mass is 35.5. The van der Waals surface area contributed by atoms with Gasteiger partial charge in [-0.25, -0.2) is 9.97 Å². The minimum Gasteiger partial charge on any atom is -0.335 e. The van der Waals surface area contributed by atoms with Gasteiger partial charge in [-0.05, 0) is 18.2 Å². The molecular formula is C15H15ClN4O. The molecule has 5 nitrogen and oxygen atoms in total. The number of amides is 1. The fraction of sp³-hybridized carbons (Fsp3) is 0.267. The van der Waals surface area contributed by atoms with Crippen molar-refractivity contribution in [3.05, 3.63) is 47.4 Å². The molecule has 21 heavy (non-hydrogen) atoms. The van der Waals surface area contributed by atoms with Gasteiger partial charge in [0.1, 0.15) is 12.0 Å². The van der Waals surface area contributed by atoms with E-state index in [0.717, 1.165) is 18.7 Å². The molecule has 1 aromatic heterocycles. The van der Waals surface area contributed by atoms with Crippen LogP contribution in [-0.2, 0) is 0 Å². The van der Waals surface area contributed by atoms with Gasteiger partial charge < -0.3 is 10.2 Å². The second-order valence-corrected chi connectivity index (χ2v) is 5.28. The number of aromatic nitrogens is 2. The number of carbonyl (C=O) groups excluding carboxylic acids is 1. The summed E-state index contributed by atoms with van der Waals surface area (Å²) in [7, 11) is 0. The molecule has 0 radical (unpaired) electrons. The van der Waals surface area contributed by atoms with E-state index in [1.807, 2.05) is 18.2 Å². The molecule has 1 aliphatic heterocycles. The van der Waals surface area contributed by atoms with Gasteiger partial charge in [0.2, 0.25) is 0 Å². The Hall–Kier alpha value is -1.98. The van der Waals surface area contributed by atoms with Crippen molar-refractivity contribution in [1.29, 1.82) is 0 Å². The second-order valence-electron chi connectivity index (χ2n) is 4.84. The average molecular weight is 303 g/mol. The van der Waals surface area contributed by atoms with Crippen LogP contribution < -0.4 is 5.32 Å². The summed E-state index contributed by atoms with van der Waals surface area (Å²) in [6, 6.07) is 9.11. The van der Waals surface area contributed by atoms with Crippen molar-refractivity contribution in [3.63, 3.8) is 0 Å². The van der Waals surface area contributed by atoms with E-state index < -0.39 is 0 Å². The number of benzene rings is 1. The van der Waals surface area contributed by atoms with Gasteiger partial charge in [-0.1, -0.05) is 23.7 Å². The number of rotatable bonds is 2. The first-order chi connectivity index (χ1) is 10.2. The lowest BCUT2D eigenvalue weighted by Gasteiger charge is -2.27. The number of nitrogens with one attached hydrogen (secondary N) is 1. The molecule has 0 spiro atoms. The van der Waals surface area contributed by atoms with Gasteiger partial charge in [-0.3, -0.25) is 4.79 Å². The highest BCUT2D eigenvalue weighted by Crippen LogP contribution is 2.21. The molecule has 0 saturated carbocycles. The lowest BCUT2D eigenvalue weighted by atomic mass is 10.1. The maximum atomic E-state index is 12.4. The Bertz CT molecular complexity index is 656. The lowest BCUT2D eigenvalue weighted by molar-refractivity contribution is 0.0729. The molecule has 0 aliphatic carbocycles. The number of halogens is 1. The quantitative estimate of drug-likeness (QED) is 0.920. The lowest BCUT2D eigenvalue weighted by Crippen LogP contribution is -2.46. The molecule has 1 saturated heterocycles. The van der Waals surface area contributed by atoms with Crippen LogP contribution in [0.3, 0.4) is 0 Å². The first-order valence-electron chi connectivity index (χ1n) is 6.82. The predicted octanol–water partition coefficient (Wildman–Crippen LogP) is 1.84. The zero-order chi connectivity index (χ0) is 14.7. The zero-order valence-electron chi connectivity index (χ0n) is 11.4. The number of piperazine rings is 1. The molecule has 0 bridgehead atoms. The zero-order valence-corrected chi connectivity index (χ0v) is 12.2.